The van der Waals surface area contributed by atoms with E-state index in [9.17, 15) is 50.0 Å². The van der Waals surface area contributed by atoms with E-state index in [-0.39, 0.29) is 6.42 Å². The average Bonchev–Trinajstić information content (AvgIpc) is 3.09. The number of allylic oxidation sites excluding steroid dienone is 3. The van der Waals surface area contributed by atoms with Crippen LogP contribution in [0.3, 0.4) is 0 Å². The number of aliphatic hydroxyl groups excluding tert-OH is 7. The number of unbranched alkanes of at least 4 members (excludes halogenated alkanes) is 15. The summed E-state index contributed by atoms with van der Waals surface area (Å²) in [4.78, 5) is 23.2. The summed E-state index contributed by atoms with van der Waals surface area (Å²) < 4.78 is 22.6. The van der Waals surface area contributed by atoms with Gasteiger partial charge in [-0.05, 0) is 25.7 Å². The third-order valence-corrected chi connectivity index (χ3v) is 10.3. The molecule has 14 heteroatoms. The van der Waals surface area contributed by atoms with Gasteiger partial charge in [-0.15, -0.1) is 0 Å². The van der Waals surface area contributed by atoms with Gasteiger partial charge < -0.3 is 46.0 Å². The summed E-state index contributed by atoms with van der Waals surface area (Å²) in [6.45, 7) is 3.56. The Morgan fingerprint density at radius 2 is 1.16 bits per heavy atom. The van der Waals surface area contributed by atoms with Crippen molar-refractivity contribution in [3.05, 3.63) is 24.3 Å². The maximum Gasteiger partial charge on any atom is 0.472 e. The average molecular weight is 752 g/mol. The highest BCUT2D eigenvalue weighted by Gasteiger charge is 2.51. The van der Waals surface area contributed by atoms with Gasteiger partial charge in [-0.2, -0.15) is 0 Å². The van der Waals surface area contributed by atoms with Crippen LogP contribution in [0.5, 0.6) is 0 Å². The molecule has 1 aliphatic carbocycles. The van der Waals surface area contributed by atoms with E-state index in [1.165, 1.54) is 70.3 Å². The number of hydrogen-bond donors (Lipinski definition) is 9. The fourth-order valence-corrected chi connectivity index (χ4v) is 6.99. The Morgan fingerprint density at radius 1 is 0.686 bits per heavy atom. The highest BCUT2D eigenvalue weighted by Crippen LogP contribution is 2.47. The number of phosphoric acid groups is 1. The Hall–Kier alpha value is -1.22. The van der Waals surface area contributed by atoms with Crippen molar-refractivity contribution >= 4 is 13.7 Å². The highest BCUT2D eigenvalue weighted by molar-refractivity contribution is 7.47. The van der Waals surface area contributed by atoms with E-state index >= 15 is 0 Å². The lowest BCUT2D eigenvalue weighted by molar-refractivity contribution is -0.220. The molecule has 0 spiro atoms. The Kier molecular flexibility index (Phi) is 26.5. The number of rotatable bonds is 30. The largest absolute Gasteiger partial charge is 0.472 e. The number of carbonyl (C=O) groups excluding carboxylic acids is 1. The number of aliphatic hydroxyl groups is 7. The summed E-state index contributed by atoms with van der Waals surface area (Å²) in [5.41, 5.74) is 0. The molecule has 9 N–H and O–H groups in total. The number of hydrogen-bond acceptors (Lipinski definition) is 11. The molecule has 51 heavy (non-hydrogen) atoms. The van der Waals surface area contributed by atoms with Gasteiger partial charge in [0.2, 0.25) is 5.91 Å². The van der Waals surface area contributed by atoms with Crippen LogP contribution >= 0.6 is 7.82 Å². The molecule has 0 heterocycles. The second kappa shape index (κ2) is 28.3. The third kappa shape index (κ3) is 21.3. The van der Waals surface area contributed by atoms with Crippen molar-refractivity contribution in [1.29, 1.82) is 0 Å². The van der Waals surface area contributed by atoms with Crippen molar-refractivity contribution in [2.45, 2.75) is 197 Å². The molecule has 0 aliphatic heterocycles. The third-order valence-electron chi connectivity index (χ3n) is 9.27. The first-order valence-electron chi connectivity index (χ1n) is 19.4. The minimum atomic E-state index is -5.13. The molecule has 0 radical (unpaired) electrons. The minimum absolute atomic E-state index is 0.251. The van der Waals surface area contributed by atoms with Crippen LogP contribution in [-0.2, 0) is 18.4 Å². The lowest BCUT2D eigenvalue weighted by atomic mass is 9.85. The van der Waals surface area contributed by atoms with E-state index in [0.29, 0.717) is 12.8 Å². The Bertz CT molecular complexity index is 985. The molecule has 0 aromatic heterocycles. The van der Waals surface area contributed by atoms with Gasteiger partial charge in [0.1, 0.15) is 36.6 Å². The lowest BCUT2D eigenvalue weighted by Crippen LogP contribution is -2.64. The zero-order valence-electron chi connectivity index (χ0n) is 31.0. The van der Waals surface area contributed by atoms with Crippen molar-refractivity contribution in [2.24, 2.45) is 0 Å². The van der Waals surface area contributed by atoms with Crippen molar-refractivity contribution in [1.82, 2.24) is 5.32 Å². The van der Waals surface area contributed by atoms with Gasteiger partial charge in [-0.3, -0.25) is 13.8 Å². The van der Waals surface area contributed by atoms with Gasteiger partial charge >= 0.3 is 7.82 Å². The van der Waals surface area contributed by atoms with E-state index in [0.717, 1.165) is 44.9 Å². The highest BCUT2D eigenvalue weighted by atomic mass is 31.2. The molecule has 8 atom stereocenters. The van der Waals surface area contributed by atoms with Gasteiger partial charge in [0.15, 0.2) is 0 Å². The summed E-state index contributed by atoms with van der Waals surface area (Å²) in [5.74, 6) is -0.608. The summed E-state index contributed by atoms with van der Waals surface area (Å²) >= 11 is 0. The zero-order valence-corrected chi connectivity index (χ0v) is 31.9. The van der Waals surface area contributed by atoms with Crippen LogP contribution in [0, 0.1) is 0 Å². The van der Waals surface area contributed by atoms with Crippen LogP contribution in [0.2, 0.25) is 0 Å². The maximum absolute atomic E-state index is 12.8. The SMILES string of the molecule is CCC/C=C/CC/C=C/C(O)C(COP(=O)(O)OC1C(O)C(O)C(O)C(O)C1O)NC(=O)CC(O)CCCCCCCCCCCCCCCC. The van der Waals surface area contributed by atoms with Crippen LogP contribution in [0.1, 0.15) is 142 Å². The molecule has 1 aliphatic rings. The van der Waals surface area contributed by atoms with Crippen LogP contribution in [0.4, 0.5) is 0 Å². The normalized spacial score (nSPS) is 25.6. The van der Waals surface area contributed by atoms with Crippen LogP contribution < -0.4 is 5.32 Å². The molecule has 1 amide bonds. The first kappa shape index (κ1) is 47.8. The van der Waals surface area contributed by atoms with Gasteiger partial charge in [-0.1, -0.05) is 134 Å². The number of phosphoric ester groups is 1. The van der Waals surface area contributed by atoms with Gasteiger partial charge in [0.25, 0.3) is 0 Å². The monoisotopic (exact) mass is 751 g/mol. The maximum atomic E-state index is 12.8. The fraction of sp³-hybridized carbons (Fsp3) is 0.865. The molecule has 0 aromatic rings. The predicted molar refractivity (Wildman–Crippen MR) is 197 cm³/mol. The van der Waals surface area contributed by atoms with Crippen LogP contribution in [0.25, 0.3) is 0 Å². The van der Waals surface area contributed by atoms with E-state index in [1.807, 2.05) is 6.08 Å². The zero-order chi connectivity index (χ0) is 38.1. The van der Waals surface area contributed by atoms with Crippen molar-refractivity contribution in [2.75, 3.05) is 6.61 Å². The van der Waals surface area contributed by atoms with E-state index in [2.05, 4.69) is 25.2 Å². The first-order chi connectivity index (χ1) is 24.3. The molecule has 1 fully saturated rings. The van der Waals surface area contributed by atoms with Gasteiger partial charge in [-0.25, -0.2) is 4.57 Å². The van der Waals surface area contributed by atoms with E-state index < -0.39 is 75.2 Å². The standard InChI is InChI=1S/C37H70NO12P/c1-3-5-7-9-11-12-13-14-15-16-17-19-20-22-24-28(39)26-31(41)38-29(30(40)25-23-21-18-10-8-6-4-2)27-49-51(47,48)50-37-35(45)33(43)32(42)34(44)36(37)46/h8,10,23,25,28-30,32-37,39-40,42-46H,3-7,9,11-22,24,26-27H2,1-2H3,(H,38,41)(H,47,48)/b10-8+,25-23+. The Labute approximate surface area is 305 Å². The predicted octanol–water partition coefficient (Wildman–Crippen LogP) is 4.47. The molecular formula is C37H70NO12P. The summed E-state index contributed by atoms with van der Waals surface area (Å²) in [6.07, 6.45) is 13.4. The Balaban J connectivity index is 2.57. The van der Waals surface area contributed by atoms with Gasteiger partial charge in [0.05, 0.1) is 31.3 Å². The van der Waals surface area contributed by atoms with Crippen LogP contribution in [-0.4, -0.2) is 108 Å². The number of nitrogens with one attached hydrogen (secondary N) is 1. The lowest BCUT2D eigenvalue weighted by Gasteiger charge is -2.41. The molecular weight excluding hydrogens is 681 g/mol. The number of carbonyl (C=O) groups is 1. The Morgan fingerprint density at radius 3 is 1.69 bits per heavy atom. The summed E-state index contributed by atoms with van der Waals surface area (Å²) in [7, 11) is -5.13. The molecule has 0 aromatic carbocycles. The smallest absolute Gasteiger partial charge is 0.393 e. The summed E-state index contributed by atoms with van der Waals surface area (Å²) in [5, 5.41) is 73.8. The fourth-order valence-electron chi connectivity index (χ4n) is 6.03. The molecule has 13 nitrogen and oxygen atoms in total. The summed E-state index contributed by atoms with van der Waals surface area (Å²) in [6, 6.07) is -1.25. The minimum Gasteiger partial charge on any atom is -0.393 e. The van der Waals surface area contributed by atoms with Crippen molar-refractivity contribution in [3.63, 3.8) is 0 Å². The molecule has 300 valence electrons. The molecule has 0 saturated heterocycles. The molecule has 1 rings (SSSR count). The molecule has 0 bridgehead atoms. The number of amides is 1. The van der Waals surface area contributed by atoms with Crippen molar-refractivity contribution in [3.8, 4) is 0 Å². The molecule has 8 unspecified atom stereocenters. The van der Waals surface area contributed by atoms with E-state index in [1.54, 1.807) is 6.08 Å². The van der Waals surface area contributed by atoms with Crippen LogP contribution in [0.15, 0.2) is 24.3 Å². The molecule has 1 saturated carbocycles. The van der Waals surface area contributed by atoms with Gasteiger partial charge in [0, 0.05) is 0 Å². The van der Waals surface area contributed by atoms with Crippen molar-refractivity contribution < 1.29 is 59.0 Å². The second-order valence-corrected chi connectivity index (χ2v) is 15.4. The quantitative estimate of drug-likeness (QED) is 0.0282. The topological polar surface area (TPSA) is 226 Å². The van der Waals surface area contributed by atoms with E-state index in [4.69, 9.17) is 9.05 Å². The second-order valence-electron chi connectivity index (χ2n) is 14.0. The first-order valence-corrected chi connectivity index (χ1v) is 20.9.